The summed E-state index contributed by atoms with van der Waals surface area (Å²) in [6, 6.07) is 3.33. The van der Waals surface area contributed by atoms with Gasteiger partial charge in [-0.05, 0) is 24.8 Å². The number of thiophene rings is 1. The highest BCUT2D eigenvalue weighted by Crippen LogP contribution is 2.14. The maximum absolute atomic E-state index is 11.7. The Morgan fingerprint density at radius 2 is 2.22 bits per heavy atom. The highest BCUT2D eigenvalue weighted by molar-refractivity contribution is 7.91. The lowest BCUT2D eigenvalue weighted by molar-refractivity contribution is -0.121. The van der Waals surface area contributed by atoms with E-state index in [4.69, 9.17) is 0 Å². The first-order valence-corrected chi connectivity index (χ1v) is 8.14. The average Bonchev–Trinajstić information content (AvgIpc) is 2.82. The second-order valence-electron chi connectivity index (χ2n) is 3.96. The molecule has 0 saturated heterocycles. The minimum atomic E-state index is -3.46. The van der Waals surface area contributed by atoms with Crippen LogP contribution in [0.15, 0.2) is 21.7 Å². The third-order valence-corrected chi connectivity index (χ3v) is 5.28. The molecule has 1 amide bonds. The monoisotopic (exact) mass is 290 g/mol. The summed E-state index contributed by atoms with van der Waals surface area (Å²) in [6.45, 7) is 4.00. The van der Waals surface area contributed by atoms with Gasteiger partial charge in [0, 0.05) is 19.0 Å². The second-order valence-corrected chi connectivity index (χ2v) is 6.90. The lowest BCUT2D eigenvalue weighted by Gasteiger charge is -2.11. The molecule has 1 atom stereocenters. The molecule has 0 unspecified atom stereocenters. The number of carbonyl (C=O) groups is 1. The highest BCUT2D eigenvalue weighted by atomic mass is 32.2. The quantitative estimate of drug-likeness (QED) is 0.795. The van der Waals surface area contributed by atoms with E-state index in [2.05, 4.69) is 10.0 Å². The molecule has 102 valence electrons. The van der Waals surface area contributed by atoms with Crippen molar-refractivity contribution in [1.82, 2.24) is 10.0 Å². The average molecular weight is 290 g/mol. The zero-order chi connectivity index (χ0) is 13.6. The van der Waals surface area contributed by atoms with Gasteiger partial charge in [0.2, 0.25) is 15.9 Å². The summed E-state index contributed by atoms with van der Waals surface area (Å²) in [5.41, 5.74) is 0. The number of hydrogen-bond acceptors (Lipinski definition) is 4. The molecule has 5 nitrogen and oxygen atoms in total. The summed E-state index contributed by atoms with van der Waals surface area (Å²) in [5.74, 6) is -0.141. The van der Waals surface area contributed by atoms with Crippen molar-refractivity contribution < 1.29 is 13.2 Å². The van der Waals surface area contributed by atoms with Crippen molar-refractivity contribution in [1.29, 1.82) is 0 Å². The van der Waals surface area contributed by atoms with Crippen LogP contribution < -0.4 is 10.0 Å². The zero-order valence-electron chi connectivity index (χ0n) is 10.5. The van der Waals surface area contributed by atoms with Gasteiger partial charge in [-0.25, -0.2) is 13.1 Å². The van der Waals surface area contributed by atoms with E-state index in [0.29, 0.717) is 0 Å². The van der Waals surface area contributed by atoms with Gasteiger partial charge < -0.3 is 5.32 Å². The molecular weight excluding hydrogens is 272 g/mol. The molecule has 0 aliphatic carbocycles. The summed E-state index contributed by atoms with van der Waals surface area (Å²) in [7, 11) is -3.46. The van der Waals surface area contributed by atoms with Gasteiger partial charge >= 0.3 is 0 Å². The Balaban J connectivity index is 2.36. The number of nitrogens with one attached hydrogen (secondary N) is 2. The van der Waals surface area contributed by atoms with Crippen molar-refractivity contribution in [2.75, 3.05) is 6.54 Å². The molecule has 1 heterocycles. The fraction of sp³-hybridized carbons (Fsp3) is 0.545. The maximum Gasteiger partial charge on any atom is 0.250 e. The highest BCUT2D eigenvalue weighted by Gasteiger charge is 2.15. The van der Waals surface area contributed by atoms with Crippen LogP contribution in [0.5, 0.6) is 0 Å². The SMILES string of the molecule is CC[C@@H](C)NC(=O)CCNS(=O)(=O)c1cccs1. The van der Waals surface area contributed by atoms with Crippen LogP contribution in [0.3, 0.4) is 0 Å². The standard InChI is InChI=1S/C11H18N2O3S2/c1-3-9(2)13-10(14)6-7-12-18(15,16)11-5-4-8-17-11/h4-5,8-9,12H,3,6-7H2,1-2H3,(H,13,14)/t9-/m1/s1. The van der Waals surface area contributed by atoms with E-state index in [1.54, 1.807) is 11.4 Å². The molecule has 18 heavy (non-hydrogen) atoms. The van der Waals surface area contributed by atoms with Gasteiger partial charge in [-0.3, -0.25) is 4.79 Å². The van der Waals surface area contributed by atoms with E-state index >= 15 is 0 Å². The van der Waals surface area contributed by atoms with Crippen LogP contribution in [0.25, 0.3) is 0 Å². The van der Waals surface area contributed by atoms with E-state index in [-0.39, 0.29) is 29.1 Å². The second kappa shape index (κ2) is 6.86. The predicted molar refractivity (Wildman–Crippen MR) is 72.0 cm³/mol. The smallest absolute Gasteiger partial charge is 0.250 e. The van der Waals surface area contributed by atoms with Crippen LogP contribution in [0.1, 0.15) is 26.7 Å². The van der Waals surface area contributed by atoms with Gasteiger partial charge in [-0.15, -0.1) is 11.3 Å². The van der Waals surface area contributed by atoms with Crippen LogP contribution >= 0.6 is 11.3 Å². The lowest BCUT2D eigenvalue weighted by Crippen LogP contribution is -2.35. The van der Waals surface area contributed by atoms with Gasteiger partial charge in [0.1, 0.15) is 4.21 Å². The van der Waals surface area contributed by atoms with Crippen molar-refractivity contribution >= 4 is 27.3 Å². The third kappa shape index (κ3) is 4.75. The van der Waals surface area contributed by atoms with Gasteiger partial charge in [0.05, 0.1) is 0 Å². The molecule has 0 aromatic carbocycles. The Morgan fingerprint density at radius 1 is 1.50 bits per heavy atom. The molecule has 0 aliphatic heterocycles. The molecule has 0 radical (unpaired) electrons. The Kier molecular flexibility index (Phi) is 5.77. The molecule has 0 bridgehead atoms. The largest absolute Gasteiger partial charge is 0.354 e. The van der Waals surface area contributed by atoms with Gasteiger partial charge in [-0.2, -0.15) is 0 Å². The zero-order valence-corrected chi connectivity index (χ0v) is 12.1. The Labute approximate surface area is 112 Å². The summed E-state index contributed by atoms with van der Waals surface area (Å²) in [6.07, 6.45) is 1.00. The van der Waals surface area contributed by atoms with E-state index in [9.17, 15) is 13.2 Å². The number of carbonyl (C=O) groups excluding carboxylic acids is 1. The first-order chi connectivity index (χ1) is 8.45. The fourth-order valence-corrected chi connectivity index (χ4v) is 3.30. The number of amides is 1. The molecule has 1 rings (SSSR count). The Hall–Kier alpha value is -0.920. The van der Waals surface area contributed by atoms with Crippen LogP contribution in [-0.4, -0.2) is 26.9 Å². The van der Waals surface area contributed by atoms with Gasteiger partial charge in [-0.1, -0.05) is 13.0 Å². The molecule has 7 heteroatoms. The summed E-state index contributed by atoms with van der Waals surface area (Å²) in [5, 5.41) is 4.48. The normalized spacial score (nSPS) is 13.2. The Bertz CT molecular complexity index is 468. The van der Waals surface area contributed by atoms with Gasteiger partial charge in [0.25, 0.3) is 0 Å². The minimum absolute atomic E-state index is 0.114. The molecule has 1 aromatic rings. The molecule has 0 fully saturated rings. The van der Waals surface area contributed by atoms with Crippen molar-refractivity contribution in [3.8, 4) is 0 Å². The van der Waals surface area contributed by atoms with Crippen molar-refractivity contribution in [3.05, 3.63) is 17.5 Å². The number of hydrogen-bond donors (Lipinski definition) is 2. The van der Waals surface area contributed by atoms with Crippen LogP contribution in [0.2, 0.25) is 0 Å². The van der Waals surface area contributed by atoms with Crippen LogP contribution in [-0.2, 0) is 14.8 Å². The molecule has 0 aliphatic rings. The predicted octanol–water partition coefficient (Wildman–Crippen LogP) is 1.33. The van der Waals surface area contributed by atoms with E-state index in [1.807, 2.05) is 13.8 Å². The summed E-state index contributed by atoms with van der Waals surface area (Å²) in [4.78, 5) is 11.4. The topological polar surface area (TPSA) is 75.3 Å². The van der Waals surface area contributed by atoms with Crippen molar-refractivity contribution in [3.63, 3.8) is 0 Å². The minimum Gasteiger partial charge on any atom is -0.354 e. The first-order valence-electron chi connectivity index (χ1n) is 5.78. The first kappa shape index (κ1) is 15.1. The molecular formula is C11H18N2O3S2. The van der Waals surface area contributed by atoms with E-state index in [0.717, 1.165) is 17.8 Å². The Morgan fingerprint density at radius 3 is 2.78 bits per heavy atom. The number of sulfonamides is 1. The molecule has 0 saturated carbocycles. The maximum atomic E-state index is 11.7. The summed E-state index contributed by atoms with van der Waals surface area (Å²) < 4.78 is 26.1. The summed E-state index contributed by atoms with van der Waals surface area (Å²) >= 11 is 1.15. The molecule has 0 spiro atoms. The van der Waals surface area contributed by atoms with E-state index < -0.39 is 10.0 Å². The lowest BCUT2D eigenvalue weighted by atomic mass is 10.2. The van der Waals surface area contributed by atoms with Crippen LogP contribution in [0, 0.1) is 0 Å². The third-order valence-electron chi connectivity index (χ3n) is 2.42. The van der Waals surface area contributed by atoms with Crippen molar-refractivity contribution in [2.24, 2.45) is 0 Å². The molecule has 2 N–H and O–H groups in total. The number of rotatable bonds is 7. The fourth-order valence-electron chi connectivity index (χ4n) is 1.24. The van der Waals surface area contributed by atoms with Crippen molar-refractivity contribution in [2.45, 2.75) is 36.9 Å². The van der Waals surface area contributed by atoms with Gasteiger partial charge in [0.15, 0.2) is 0 Å². The molecule has 1 aromatic heterocycles. The van der Waals surface area contributed by atoms with Crippen LogP contribution in [0.4, 0.5) is 0 Å². The van der Waals surface area contributed by atoms with E-state index in [1.165, 1.54) is 6.07 Å².